The summed E-state index contributed by atoms with van der Waals surface area (Å²) in [7, 11) is -9.93. The minimum atomic E-state index is -4.97. The number of carbonyl (C=O) groups excluding carboxylic acids is 4. The molecule has 0 fully saturated rings. The number of rotatable bonds is 86. The number of aliphatic hydroxyl groups excluding tert-OH is 1. The molecule has 5 atom stereocenters. The second-order valence-electron chi connectivity index (χ2n) is 31.4. The van der Waals surface area contributed by atoms with Gasteiger partial charge in [0.1, 0.15) is 19.3 Å². The molecule has 0 aliphatic heterocycles. The zero-order valence-electron chi connectivity index (χ0n) is 68.9. The van der Waals surface area contributed by atoms with Crippen LogP contribution in [0.15, 0.2) is 0 Å². The third-order valence-electron chi connectivity index (χ3n) is 20.3. The van der Waals surface area contributed by atoms with Crippen LogP contribution in [0.5, 0.6) is 0 Å². The van der Waals surface area contributed by atoms with Crippen molar-refractivity contribution in [2.24, 2.45) is 5.92 Å². The van der Waals surface area contributed by atoms with Crippen LogP contribution >= 0.6 is 15.6 Å². The van der Waals surface area contributed by atoms with E-state index in [1.807, 2.05) is 0 Å². The summed E-state index contributed by atoms with van der Waals surface area (Å²) in [6, 6.07) is 0. The molecule has 0 saturated carbocycles. The molecule has 0 aliphatic carbocycles. The molecule has 3 N–H and O–H groups in total. The summed E-state index contributed by atoms with van der Waals surface area (Å²) in [5.41, 5.74) is 0. The molecule has 0 aromatic rings. The van der Waals surface area contributed by atoms with Gasteiger partial charge in [0.25, 0.3) is 0 Å². The van der Waals surface area contributed by atoms with Crippen molar-refractivity contribution in [3.8, 4) is 0 Å². The molecule has 0 amide bonds. The normalized spacial score (nSPS) is 13.8. The Morgan fingerprint density at radius 1 is 0.257 bits per heavy atom. The van der Waals surface area contributed by atoms with Gasteiger partial charge in [0.15, 0.2) is 12.2 Å². The van der Waals surface area contributed by atoms with Crippen LogP contribution in [-0.2, 0) is 65.4 Å². The molecule has 105 heavy (non-hydrogen) atoms. The van der Waals surface area contributed by atoms with Crippen LogP contribution in [0.1, 0.15) is 465 Å². The fraction of sp³-hybridized carbons (Fsp3) is 0.953. The average Bonchev–Trinajstić information content (AvgIpc) is 0.921. The maximum Gasteiger partial charge on any atom is 0.472 e. The second kappa shape index (κ2) is 78.7. The summed E-state index contributed by atoms with van der Waals surface area (Å²) < 4.78 is 68.9. The Morgan fingerprint density at radius 2 is 0.438 bits per heavy atom. The summed E-state index contributed by atoms with van der Waals surface area (Å²) in [4.78, 5) is 73.3. The lowest BCUT2D eigenvalue weighted by molar-refractivity contribution is -0.161. The van der Waals surface area contributed by atoms with Crippen molar-refractivity contribution in [3.05, 3.63) is 0 Å². The van der Waals surface area contributed by atoms with Crippen LogP contribution in [0, 0.1) is 5.92 Å². The smallest absolute Gasteiger partial charge is 0.462 e. The number of aliphatic hydroxyl groups is 1. The maximum atomic E-state index is 13.1. The summed E-state index contributed by atoms with van der Waals surface area (Å²) in [5, 5.41) is 10.7. The zero-order valence-corrected chi connectivity index (χ0v) is 70.7. The number of esters is 4. The highest BCUT2D eigenvalue weighted by molar-refractivity contribution is 7.47. The molecular weight excluding hydrogens is 1370 g/mol. The highest BCUT2D eigenvalue weighted by Crippen LogP contribution is 2.45. The van der Waals surface area contributed by atoms with E-state index in [0.29, 0.717) is 25.7 Å². The van der Waals surface area contributed by atoms with Crippen LogP contribution in [-0.4, -0.2) is 96.7 Å². The van der Waals surface area contributed by atoms with Crippen molar-refractivity contribution < 1.29 is 80.2 Å². The van der Waals surface area contributed by atoms with Gasteiger partial charge in [-0.2, -0.15) is 0 Å². The summed E-state index contributed by atoms with van der Waals surface area (Å²) >= 11 is 0. The highest BCUT2D eigenvalue weighted by Gasteiger charge is 2.30. The Balaban J connectivity index is 5.26. The summed E-state index contributed by atoms with van der Waals surface area (Å²) in [6.07, 6.45) is 72.1. The Kier molecular flexibility index (Phi) is 77.3. The molecule has 0 aliphatic rings. The van der Waals surface area contributed by atoms with E-state index in [2.05, 4.69) is 34.6 Å². The topological polar surface area (TPSA) is 237 Å². The van der Waals surface area contributed by atoms with Crippen LogP contribution in [0.2, 0.25) is 0 Å². The first-order valence-corrected chi connectivity index (χ1v) is 47.6. The molecule has 0 rings (SSSR count). The molecule has 0 saturated heterocycles. The van der Waals surface area contributed by atoms with E-state index in [4.69, 9.17) is 37.0 Å². The standard InChI is InChI=1S/C86H168O17P2/c1-6-9-12-15-18-21-24-27-29-30-31-32-33-35-42-47-52-57-62-67-72-86(91)103-82(76-97-84(89)70-65-60-55-50-45-40-37-36-39-43-48-53-58-63-68-79(4)5)78-101-105(94,95)99-74-80(87)73-98-104(92,93)100-77-81(75-96-83(88)69-64-59-54-49-44-38-26-23-20-17-14-11-8-3)102-85(90)71-66-61-56-51-46-41-34-28-25-22-19-16-13-10-7-2/h79-82,87H,6-78H2,1-5H3,(H,92,93)(H,94,95)/t80-,81+,82+/m0/s1. The van der Waals surface area contributed by atoms with Crippen molar-refractivity contribution in [1.29, 1.82) is 0 Å². The number of hydrogen-bond donors (Lipinski definition) is 3. The quantitative estimate of drug-likeness (QED) is 0.0222. The van der Waals surface area contributed by atoms with E-state index in [1.54, 1.807) is 0 Å². The van der Waals surface area contributed by atoms with Crippen LogP contribution in [0.3, 0.4) is 0 Å². The third kappa shape index (κ3) is 79.9. The van der Waals surface area contributed by atoms with Crippen LogP contribution in [0.4, 0.5) is 0 Å². The van der Waals surface area contributed by atoms with Gasteiger partial charge in [-0.05, 0) is 31.6 Å². The van der Waals surface area contributed by atoms with Crippen molar-refractivity contribution in [1.82, 2.24) is 0 Å². The van der Waals surface area contributed by atoms with Gasteiger partial charge in [-0.15, -0.1) is 0 Å². The molecule has 19 heteroatoms. The monoisotopic (exact) mass is 1540 g/mol. The number of ether oxygens (including phenoxy) is 4. The Bertz CT molecular complexity index is 2000. The van der Waals surface area contributed by atoms with Crippen LogP contribution < -0.4 is 0 Å². The van der Waals surface area contributed by atoms with Crippen molar-refractivity contribution in [3.63, 3.8) is 0 Å². The largest absolute Gasteiger partial charge is 0.472 e. The summed E-state index contributed by atoms with van der Waals surface area (Å²) in [5.74, 6) is -1.30. The lowest BCUT2D eigenvalue weighted by Gasteiger charge is -2.21. The number of phosphoric acid groups is 2. The van der Waals surface area contributed by atoms with Crippen LogP contribution in [0.25, 0.3) is 0 Å². The Hall–Kier alpha value is -1.94. The SMILES string of the molecule is CCCCCCCCCCCCCCCCCCCCCCC(=O)O[C@H](COC(=O)CCCCCCCCCCCCCCCCC(C)C)COP(=O)(O)OC[C@@H](O)COP(=O)(O)OC[C@@H](COC(=O)CCCCCCCCCCCCCCC)OC(=O)CCCCCCCCCCCCCCCCC. The molecule has 0 spiro atoms. The summed E-state index contributed by atoms with van der Waals surface area (Å²) in [6.45, 7) is 7.40. The fourth-order valence-electron chi connectivity index (χ4n) is 13.5. The maximum absolute atomic E-state index is 13.1. The lowest BCUT2D eigenvalue weighted by atomic mass is 10.0. The van der Waals surface area contributed by atoms with Gasteiger partial charge >= 0.3 is 39.5 Å². The average molecular weight is 1540 g/mol. The molecule has 0 radical (unpaired) electrons. The zero-order chi connectivity index (χ0) is 76.9. The molecule has 0 aromatic carbocycles. The van der Waals surface area contributed by atoms with Gasteiger partial charge in [-0.1, -0.05) is 413 Å². The minimum absolute atomic E-state index is 0.109. The van der Waals surface area contributed by atoms with E-state index in [-0.39, 0.29) is 25.7 Å². The van der Waals surface area contributed by atoms with Gasteiger partial charge in [-0.25, -0.2) is 9.13 Å². The highest BCUT2D eigenvalue weighted by atomic mass is 31.2. The first kappa shape index (κ1) is 103. The van der Waals surface area contributed by atoms with E-state index in [1.165, 1.54) is 289 Å². The number of hydrogen-bond acceptors (Lipinski definition) is 15. The molecule has 0 heterocycles. The number of carbonyl (C=O) groups is 4. The predicted octanol–water partition coefficient (Wildman–Crippen LogP) is 26.4. The van der Waals surface area contributed by atoms with E-state index < -0.39 is 97.5 Å². The fourth-order valence-corrected chi connectivity index (χ4v) is 15.1. The molecule has 624 valence electrons. The first-order valence-electron chi connectivity index (χ1n) is 44.6. The molecular formula is C86H168O17P2. The van der Waals surface area contributed by atoms with E-state index >= 15 is 0 Å². The Morgan fingerprint density at radius 3 is 0.648 bits per heavy atom. The van der Waals surface area contributed by atoms with Crippen molar-refractivity contribution in [2.45, 2.75) is 483 Å². The van der Waals surface area contributed by atoms with Gasteiger partial charge in [0.05, 0.1) is 26.4 Å². The number of phosphoric ester groups is 2. The lowest BCUT2D eigenvalue weighted by Crippen LogP contribution is -2.30. The molecule has 0 aromatic heterocycles. The van der Waals surface area contributed by atoms with Gasteiger partial charge < -0.3 is 33.8 Å². The van der Waals surface area contributed by atoms with Gasteiger partial charge in [0, 0.05) is 25.7 Å². The van der Waals surface area contributed by atoms with E-state index in [0.717, 1.165) is 95.8 Å². The predicted molar refractivity (Wildman–Crippen MR) is 432 cm³/mol. The van der Waals surface area contributed by atoms with E-state index in [9.17, 15) is 43.2 Å². The molecule has 2 unspecified atom stereocenters. The second-order valence-corrected chi connectivity index (χ2v) is 34.3. The molecule has 17 nitrogen and oxygen atoms in total. The van der Waals surface area contributed by atoms with Gasteiger partial charge in [0.2, 0.25) is 0 Å². The van der Waals surface area contributed by atoms with Crippen molar-refractivity contribution in [2.75, 3.05) is 39.6 Å². The molecule has 0 bridgehead atoms. The van der Waals surface area contributed by atoms with Crippen molar-refractivity contribution >= 4 is 39.5 Å². The Labute approximate surface area is 645 Å². The minimum Gasteiger partial charge on any atom is -0.462 e. The number of unbranched alkanes of at least 4 members (excludes halogenated alkanes) is 58. The first-order chi connectivity index (χ1) is 51.0. The third-order valence-corrected chi connectivity index (χ3v) is 22.2. The van der Waals surface area contributed by atoms with Gasteiger partial charge in [-0.3, -0.25) is 37.3 Å².